The van der Waals surface area contributed by atoms with Crippen molar-refractivity contribution in [2.24, 2.45) is 5.92 Å². The first kappa shape index (κ1) is 18.3. The molecule has 0 radical (unpaired) electrons. The number of hydrogen-bond acceptors (Lipinski definition) is 5. The number of amides is 2. The van der Waals surface area contributed by atoms with Gasteiger partial charge in [-0.1, -0.05) is 26.0 Å². The van der Waals surface area contributed by atoms with Gasteiger partial charge in [-0.05, 0) is 25.0 Å². The third-order valence-corrected chi connectivity index (χ3v) is 3.65. The Hall–Kier alpha value is -3.03. The van der Waals surface area contributed by atoms with Crippen LogP contribution >= 0.6 is 0 Å². The predicted molar refractivity (Wildman–Crippen MR) is 90.9 cm³/mol. The van der Waals surface area contributed by atoms with Gasteiger partial charge in [0.15, 0.2) is 0 Å². The van der Waals surface area contributed by atoms with Crippen LogP contribution in [0.15, 0.2) is 30.5 Å². The van der Waals surface area contributed by atoms with E-state index in [-0.39, 0.29) is 11.6 Å². The van der Waals surface area contributed by atoms with E-state index in [1.807, 2.05) is 6.07 Å². The molecular weight excluding hydrogens is 324 g/mol. The number of aromatic nitrogens is 2. The molecular formula is C17H20N4O4. The average Bonchev–Trinajstić information content (AvgIpc) is 2.58. The molecule has 0 spiro atoms. The molecule has 1 aromatic carbocycles. The highest BCUT2D eigenvalue weighted by Gasteiger charge is 2.26. The van der Waals surface area contributed by atoms with Crippen molar-refractivity contribution in [3.63, 3.8) is 0 Å². The van der Waals surface area contributed by atoms with Crippen molar-refractivity contribution in [3.05, 3.63) is 36.2 Å². The fourth-order valence-corrected chi connectivity index (χ4v) is 2.19. The number of benzene rings is 1. The number of carbonyl (C=O) groups excluding carboxylic acids is 2. The first-order valence-corrected chi connectivity index (χ1v) is 7.85. The van der Waals surface area contributed by atoms with Crippen LogP contribution in [0.25, 0.3) is 11.0 Å². The van der Waals surface area contributed by atoms with Crippen molar-refractivity contribution >= 4 is 28.8 Å². The molecule has 8 heteroatoms. The molecule has 0 saturated heterocycles. The third-order valence-electron chi connectivity index (χ3n) is 3.65. The Balaban J connectivity index is 2.05. The molecule has 8 nitrogen and oxygen atoms in total. The molecule has 1 aromatic heterocycles. The SMILES string of the molecule is CC(C)[C@@H](NC(=O)[C@H](C)NC(=O)c1cnc2ccccc2n1)C(=O)O. The van der Waals surface area contributed by atoms with Gasteiger partial charge in [0.25, 0.3) is 5.91 Å². The van der Waals surface area contributed by atoms with Gasteiger partial charge in [-0.25, -0.2) is 9.78 Å². The van der Waals surface area contributed by atoms with Gasteiger partial charge in [0.1, 0.15) is 17.8 Å². The van der Waals surface area contributed by atoms with Gasteiger partial charge >= 0.3 is 5.97 Å². The van der Waals surface area contributed by atoms with Gasteiger partial charge in [-0.15, -0.1) is 0 Å². The maximum atomic E-state index is 12.2. The first-order valence-electron chi connectivity index (χ1n) is 7.85. The molecule has 2 rings (SSSR count). The van der Waals surface area contributed by atoms with Gasteiger partial charge in [-0.3, -0.25) is 14.6 Å². The summed E-state index contributed by atoms with van der Waals surface area (Å²) in [7, 11) is 0. The fraction of sp³-hybridized carbons (Fsp3) is 0.353. The number of aliphatic carboxylic acids is 1. The van der Waals surface area contributed by atoms with E-state index < -0.39 is 29.9 Å². The zero-order valence-corrected chi connectivity index (χ0v) is 14.2. The van der Waals surface area contributed by atoms with Crippen LogP contribution in [0.4, 0.5) is 0 Å². The molecule has 0 unspecified atom stereocenters. The number of fused-ring (bicyclic) bond motifs is 1. The van der Waals surface area contributed by atoms with E-state index in [4.69, 9.17) is 5.11 Å². The van der Waals surface area contributed by atoms with Crippen molar-refractivity contribution in [2.75, 3.05) is 0 Å². The van der Waals surface area contributed by atoms with Gasteiger partial charge in [0, 0.05) is 0 Å². The van der Waals surface area contributed by atoms with E-state index in [2.05, 4.69) is 20.6 Å². The lowest BCUT2D eigenvalue weighted by Crippen LogP contribution is -2.52. The highest BCUT2D eigenvalue weighted by Crippen LogP contribution is 2.08. The summed E-state index contributed by atoms with van der Waals surface area (Å²) in [5.74, 6) is -2.54. The summed E-state index contributed by atoms with van der Waals surface area (Å²) in [4.78, 5) is 43.9. The number of carboxylic acids is 1. The monoisotopic (exact) mass is 344 g/mol. The number of hydrogen-bond donors (Lipinski definition) is 3. The van der Waals surface area contributed by atoms with Crippen LogP contribution in [0.2, 0.25) is 0 Å². The first-order chi connectivity index (χ1) is 11.8. The van der Waals surface area contributed by atoms with Crippen LogP contribution in [0, 0.1) is 5.92 Å². The van der Waals surface area contributed by atoms with Crippen LogP contribution in [0.5, 0.6) is 0 Å². The average molecular weight is 344 g/mol. The second-order valence-electron chi connectivity index (χ2n) is 6.01. The van der Waals surface area contributed by atoms with Crippen LogP contribution in [0.3, 0.4) is 0 Å². The van der Waals surface area contributed by atoms with Crippen molar-refractivity contribution in [1.29, 1.82) is 0 Å². The maximum absolute atomic E-state index is 12.2. The van der Waals surface area contributed by atoms with Crippen molar-refractivity contribution < 1.29 is 19.5 Å². The smallest absolute Gasteiger partial charge is 0.326 e. The largest absolute Gasteiger partial charge is 0.480 e. The minimum absolute atomic E-state index is 0.0806. The Kier molecular flexibility index (Phi) is 5.63. The van der Waals surface area contributed by atoms with Gasteiger partial charge in [0.2, 0.25) is 5.91 Å². The lowest BCUT2D eigenvalue weighted by molar-refractivity contribution is -0.143. The van der Waals surface area contributed by atoms with Crippen LogP contribution < -0.4 is 10.6 Å². The van der Waals surface area contributed by atoms with E-state index >= 15 is 0 Å². The Labute approximate surface area is 144 Å². The van der Waals surface area contributed by atoms with Crippen LogP contribution in [-0.4, -0.2) is 44.9 Å². The number of para-hydroxylation sites is 2. The Bertz CT molecular complexity index is 806. The van der Waals surface area contributed by atoms with Crippen molar-refractivity contribution in [1.82, 2.24) is 20.6 Å². The number of carbonyl (C=O) groups is 3. The molecule has 0 saturated carbocycles. The van der Waals surface area contributed by atoms with Crippen LogP contribution in [0.1, 0.15) is 31.3 Å². The van der Waals surface area contributed by atoms with E-state index in [1.165, 1.54) is 13.1 Å². The molecule has 0 bridgehead atoms. The van der Waals surface area contributed by atoms with Crippen LogP contribution in [-0.2, 0) is 9.59 Å². The molecule has 2 amide bonds. The Morgan fingerprint density at radius 2 is 1.68 bits per heavy atom. The quantitative estimate of drug-likeness (QED) is 0.718. The summed E-state index contributed by atoms with van der Waals surface area (Å²) in [5, 5.41) is 14.0. The lowest BCUT2D eigenvalue weighted by atomic mass is 10.0. The summed E-state index contributed by atoms with van der Waals surface area (Å²) in [6.45, 7) is 4.85. The van der Waals surface area contributed by atoms with E-state index in [1.54, 1.807) is 32.0 Å². The summed E-state index contributed by atoms with van der Waals surface area (Å²) in [5.41, 5.74) is 1.31. The molecule has 2 atom stereocenters. The summed E-state index contributed by atoms with van der Waals surface area (Å²) in [6.07, 6.45) is 1.33. The number of nitrogens with one attached hydrogen (secondary N) is 2. The number of carboxylic acid groups (broad SMARTS) is 1. The number of nitrogens with zero attached hydrogens (tertiary/aromatic N) is 2. The molecule has 2 aromatic rings. The molecule has 0 aliphatic rings. The molecule has 0 aliphatic heterocycles. The highest BCUT2D eigenvalue weighted by atomic mass is 16.4. The minimum atomic E-state index is -1.12. The molecule has 0 fully saturated rings. The zero-order chi connectivity index (χ0) is 18.6. The Morgan fingerprint density at radius 1 is 1.04 bits per heavy atom. The maximum Gasteiger partial charge on any atom is 0.326 e. The standard InChI is InChI=1S/C17H20N4O4/c1-9(2)14(17(24)25)21-15(22)10(3)19-16(23)13-8-18-11-6-4-5-7-12(11)20-13/h4-10,14H,1-3H3,(H,19,23)(H,21,22)(H,24,25)/t10-,14+/m0/s1. The van der Waals surface area contributed by atoms with Crippen molar-refractivity contribution in [3.8, 4) is 0 Å². The normalized spacial score (nSPS) is 13.3. The predicted octanol–water partition coefficient (Wildman–Crippen LogP) is 0.973. The highest BCUT2D eigenvalue weighted by molar-refractivity contribution is 5.97. The van der Waals surface area contributed by atoms with E-state index in [0.29, 0.717) is 11.0 Å². The second-order valence-corrected chi connectivity index (χ2v) is 6.01. The number of rotatable bonds is 6. The molecule has 0 aliphatic carbocycles. The second kappa shape index (κ2) is 7.69. The minimum Gasteiger partial charge on any atom is -0.480 e. The van der Waals surface area contributed by atoms with Crippen molar-refractivity contribution in [2.45, 2.75) is 32.9 Å². The van der Waals surface area contributed by atoms with Gasteiger partial charge in [0.05, 0.1) is 17.2 Å². The molecule has 3 N–H and O–H groups in total. The summed E-state index contributed by atoms with van der Waals surface area (Å²) < 4.78 is 0. The fourth-order valence-electron chi connectivity index (χ4n) is 2.19. The third kappa shape index (κ3) is 4.50. The molecule has 132 valence electrons. The summed E-state index contributed by atoms with van der Waals surface area (Å²) >= 11 is 0. The zero-order valence-electron chi connectivity index (χ0n) is 14.2. The van der Waals surface area contributed by atoms with Gasteiger partial charge < -0.3 is 15.7 Å². The lowest BCUT2D eigenvalue weighted by Gasteiger charge is -2.21. The van der Waals surface area contributed by atoms with Gasteiger partial charge in [-0.2, -0.15) is 0 Å². The van der Waals surface area contributed by atoms with E-state index in [9.17, 15) is 14.4 Å². The van der Waals surface area contributed by atoms with E-state index in [0.717, 1.165) is 0 Å². The molecule has 1 heterocycles. The molecule has 25 heavy (non-hydrogen) atoms. The topological polar surface area (TPSA) is 121 Å². The summed E-state index contributed by atoms with van der Waals surface area (Å²) in [6, 6.07) is 5.17. The Morgan fingerprint density at radius 3 is 2.28 bits per heavy atom.